The van der Waals surface area contributed by atoms with Crippen LogP contribution in [-0.2, 0) is 11.3 Å². The largest absolute Gasteiger partial charge is 0.377 e. The van der Waals surface area contributed by atoms with Crippen LogP contribution in [0.15, 0.2) is 30.2 Å². The third kappa shape index (κ3) is 8.30. The van der Waals surface area contributed by atoms with E-state index in [2.05, 4.69) is 6.92 Å². The molecule has 0 unspecified atom stereocenters. The number of hydrogen-bond acceptors (Lipinski definition) is 1. The van der Waals surface area contributed by atoms with Crippen molar-refractivity contribution in [1.29, 1.82) is 0 Å². The number of benzene rings is 1. The number of hydrogen-bond donors (Lipinski definition) is 0. The van der Waals surface area contributed by atoms with Gasteiger partial charge in [-0.1, -0.05) is 82.1 Å². The molecule has 0 saturated carbocycles. The van der Waals surface area contributed by atoms with E-state index >= 15 is 0 Å². The van der Waals surface area contributed by atoms with Gasteiger partial charge in [-0.3, -0.25) is 0 Å². The monoisotopic (exact) mass is 253 g/mol. The number of rotatable bonds is 11. The molecular formula is C17H28O. The molecule has 1 aromatic carbocycles. The van der Waals surface area contributed by atoms with Crippen LogP contribution in [-0.4, -0.2) is 6.61 Å². The summed E-state index contributed by atoms with van der Waals surface area (Å²) in [6.45, 7) is 2.86. The second-order valence-electron chi connectivity index (χ2n) is 4.63. The summed E-state index contributed by atoms with van der Waals surface area (Å²) >= 11 is 0. The van der Waals surface area contributed by atoms with Crippen LogP contribution in [0.3, 0.4) is 0 Å². The van der Waals surface area contributed by atoms with Gasteiger partial charge in [-0.2, -0.15) is 0 Å². The van der Waals surface area contributed by atoms with E-state index in [1.165, 1.54) is 38.5 Å². The molecule has 0 fully saturated rings. The van der Waals surface area contributed by atoms with Gasteiger partial charge in [0, 0.05) is 6.61 Å². The normalized spacial score (nSPS) is 14.6. The van der Waals surface area contributed by atoms with E-state index < -0.39 is 0 Å². The van der Waals surface area contributed by atoms with Crippen LogP contribution in [0.25, 0.3) is 0 Å². The van der Waals surface area contributed by atoms with Gasteiger partial charge in [-0.05, 0) is 12.0 Å². The molecule has 0 bridgehead atoms. The molecule has 1 rings (SSSR count). The summed E-state index contributed by atoms with van der Waals surface area (Å²) in [5.74, 6) is 0. The van der Waals surface area contributed by atoms with Gasteiger partial charge in [0.15, 0.2) is 0 Å². The van der Waals surface area contributed by atoms with Crippen molar-refractivity contribution >= 4 is 0 Å². The molecule has 1 aromatic rings. The van der Waals surface area contributed by atoms with Crippen molar-refractivity contribution < 1.29 is 11.6 Å². The standard InChI is InChI=1S/C17H28O/c1-2-3-4-5-6-7-8-12-15-18-16-17-13-10-9-11-14-17/h9-11,13-14H,2-8,12,15-16H2,1H3/i9D,10D,11D,13D,14D. The molecule has 0 heterocycles. The zero-order chi connectivity index (χ0) is 17.2. The van der Waals surface area contributed by atoms with E-state index in [0.29, 0.717) is 6.61 Å². The molecule has 1 heteroatoms. The van der Waals surface area contributed by atoms with Gasteiger partial charge < -0.3 is 4.74 Å². The molecular weight excluding hydrogens is 220 g/mol. The van der Waals surface area contributed by atoms with E-state index in [-0.39, 0.29) is 42.4 Å². The molecule has 102 valence electrons. The molecule has 0 spiro atoms. The fourth-order valence-corrected chi connectivity index (χ4v) is 1.86. The Balaban J connectivity index is 2.27. The van der Waals surface area contributed by atoms with Crippen LogP contribution in [0, 0.1) is 0 Å². The van der Waals surface area contributed by atoms with E-state index in [0.717, 1.165) is 12.8 Å². The highest BCUT2D eigenvalue weighted by atomic mass is 16.5. The van der Waals surface area contributed by atoms with E-state index in [9.17, 15) is 0 Å². The van der Waals surface area contributed by atoms with Gasteiger partial charge in [0.05, 0.1) is 13.5 Å². The third-order valence-electron chi connectivity index (χ3n) is 2.94. The summed E-state index contributed by atoms with van der Waals surface area (Å²) in [6.07, 6.45) is 9.76. The van der Waals surface area contributed by atoms with E-state index in [4.69, 9.17) is 11.6 Å². The van der Waals surface area contributed by atoms with Crippen LogP contribution in [0.4, 0.5) is 0 Å². The lowest BCUT2D eigenvalue weighted by Gasteiger charge is -2.04. The van der Waals surface area contributed by atoms with Crippen molar-refractivity contribution in [2.75, 3.05) is 6.61 Å². The average molecular weight is 253 g/mol. The lowest BCUT2D eigenvalue weighted by Crippen LogP contribution is -1.95. The minimum atomic E-state index is -0.355. The van der Waals surface area contributed by atoms with Gasteiger partial charge in [0.1, 0.15) is 0 Å². The first kappa shape index (κ1) is 9.14. The fourth-order valence-electron chi connectivity index (χ4n) is 1.86. The van der Waals surface area contributed by atoms with Crippen molar-refractivity contribution in [2.45, 2.75) is 64.9 Å². The van der Waals surface area contributed by atoms with Crippen LogP contribution in [0.2, 0.25) is 0 Å². The van der Waals surface area contributed by atoms with Crippen LogP contribution < -0.4 is 0 Å². The highest BCUT2D eigenvalue weighted by molar-refractivity contribution is 5.13. The van der Waals surface area contributed by atoms with Gasteiger partial charge in [0.2, 0.25) is 0 Å². The Morgan fingerprint density at radius 3 is 2.17 bits per heavy atom. The predicted molar refractivity (Wildman–Crippen MR) is 78.7 cm³/mol. The van der Waals surface area contributed by atoms with Crippen molar-refractivity contribution in [3.8, 4) is 0 Å². The highest BCUT2D eigenvalue weighted by Gasteiger charge is 1.93. The van der Waals surface area contributed by atoms with Gasteiger partial charge in [-0.25, -0.2) is 0 Å². The maximum absolute atomic E-state index is 7.81. The summed E-state index contributed by atoms with van der Waals surface area (Å²) < 4.78 is 43.9. The first-order valence-electron chi connectivity index (χ1n) is 9.64. The Kier molecular flexibility index (Phi) is 5.73. The Hall–Kier alpha value is -0.820. The second-order valence-corrected chi connectivity index (χ2v) is 4.63. The summed E-state index contributed by atoms with van der Waals surface area (Å²) in [6, 6.07) is -1.26. The van der Waals surface area contributed by atoms with E-state index in [1.807, 2.05) is 0 Å². The maximum atomic E-state index is 7.81. The summed E-state index contributed by atoms with van der Waals surface area (Å²) in [4.78, 5) is 0. The highest BCUT2D eigenvalue weighted by Crippen LogP contribution is 2.08. The lowest BCUT2D eigenvalue weighted by molar-refractivity contribution is 0.116. The van der Waals surface area contributed by atoms with Crippen molar-refractivity contribution in [1.82, 2.24) is 0 Å². The van der Waals surface area contributed by atoms with Gasteiger partial charge in [0.25, 0.3) is 0 Å². The third-order valence-corrected chi connectivity index (χ3v) is 2.94. The van der Waals surface area contributed by atoms with Crippen LogP contribution in [0.5, 0.6) is 0 Å². The van der Waals surface area contributed by atoms with Gasteiger partial charge in [-0.15, -0.1) is 0 Å². The predicted octanol–water partition coefficient (Wildman–Crippen LogP) is 5.34. The zero-order valence-corrected chi connectivity index (χ0v) is 11.5. The molecule has 0 aliphatic carbocycles. The van der Waals surface area contributed by atoms with Crippen molar-refractivity contribution in [3.63, 3.8) is 0 Å². The molecule has 0 N–H and O–H groups in total. The van der Waals surface area contributed by atoms with Crippen LogP contribution >= 0.6 is 0 Å². The second kappa shape index (κ2) is 11.3. The maximum Gasteiger partial charge on any atom is 0.0716 e. The van der Waals surface area contributed by atoms with Crippen molar-refractivity contribution in [2.24, 2.45) is 0 Å². The summed E-state index contributed by atoms with van der Waals surface area (Å²) in [7, 11) is 0. The molecule has 18 heavy (non-hydrogen) atoms. The minimum Gasteiger partial charge on any atom is -0.377 e. The number of unbranched alkanes of at least 4 members (excludes halogenated alkanes) is 7. The molecule has 0 aliphatic heterocycles. The van der Waals surface area contributed by atoms with Crippen molar-refractivity contribution in [3.05, 3.63) is 35.8 Å². The Labute approximate surface area is 120 Å². The molecule has 0 amide bonds. The quantitative estimate of drug-likeness (QED) is 0.483. The van der Waals surface area contributed by atoms with E-state index in [1.54, 1.807) is 0 Å². The first-order valence-corrected chi connectivity index (χ1v) is 7.14. The Bertz CT molecular complexity index is 461. The smallest absolute Gasteiger partial charge is 0.0716 e. The minimum absolute atomic E-state index is 0.0756. The zero-order valence-electron chi connectivity index (χ0n) is 16.5. The Morgan fingerprint density at radius 1 is 0.889 bits per heavy atom. The molecule has 0 saturated heterocycles. The molecule has 1 nitrogen and oxygen atoms in total. The fraction of sp³-hybridized carbons (Fsp3) is 0.647. The Morgan fingerprint density at radius 2 is 1.50 bits per heavy atom. The summed E-state index contributed by atoms with van der Waals surface area (Å²) in [5.41, 5.74) is 0.246. The molecule has 0 aromatic heterocycles. The first-order chi connectivity index (χ1) is 11.0. The lowest BCUT2D eigenvalue weighted by atomic mass is 10.1. The molecule has 0 atom stereocenters. The molecule has 0 aliphatic rings. The SMILES string of the molecule is [2H]c1c([2H])c([2H])c(COCCCCCCCCCC)c([2H])c1[2H]. The van der Waals surface area contributed by atoms with Gasteiger partial charge >= 0.3 is 0 Å². The molecule has 0 radical (unpaired) electrons. The summed E-state index contributed by atoms with van der Waals surface area (Å²) in [5, 5.41) is 0. The topological polar surface area (TPSA) is 9.23 Å². The van der Waals surface area contributed by atoms with Crippen LogP contribution in [0.1, 0.15) is 70.7 Å². The average Bonchev–Trinajstić information content (AvgIpc) is 2.55. The number of ether oxygens (including phenoxy) is 1.